The Hall–Kier alpha value is -1.56. The molecule has 0 bridgehead atoms. The van der Waals surface area contributed by atoms with Crippen LogP contribution in [0.2, 0.25) is 0 Å². The predicted octanol–water partition coefficient (Wildman–Crippen LogP) is 3.05. The van der Waals surface area contributed by atoms with Crippen molar-refractivity contribution < 1.29 is 4.39 Å². The number of nitrogens with one attached hydrogen (secondary N) is 1. The summed E-state index contributed by atoms with van der Waals surface area (Å²) in [6.45, 7) is 2.13. The smallest absolute Gasteiger partial charge is 0.124 e. The lowest BCUT2D eigenvalue weighted by molar-refractivity contribution is 0.306. The number of benzene rings is 1. The van der Waals surface area contributed by atoms with Crippen molar-refractivity contribution in [1.29, 1.82) is 5.26 Å². The van der Waals surface area contributed by atoms with Crippen LogP contribution < -0.4 is 5.32 Å². The zero-order valence-electron chi connectivity index (χ0n) is 8.68. The molecule has 2 rings (SSSR count). The first kappa shape index (κ1) is 9.97. The van der Waals surface area contributed by atoms with Gasteiger partial charge in [0.2, 0.25) is 0 Å². The molecule has 0 radical (unpaired) electrons. The van der Waals surface area contributed by atoms with Gasteiger partial charge in [-0.25, -0.2) is 4.39 Å². The molecular formula is C12H13FN2. The first-order valence-corrected chi connectivity index (χ1v) is 5.11. The van der Waals surface area contributed by atoms with Crippen LogP contribution in [0.5, 0.6) is 0 Å². The molecule has 0 amide bonds. The Morgan fingerprint density at radius 2 is 2.20 bits per heavy atom. The Bertz CT molecular complexity index is 416. The second-order valence-corrected chi connectivity index (χ2v) is 4.34. The molecule has 0 aromatic heterocycles. The molecule has 1 aromatic rings. The van der Waals surface area contributed by atoms with Crippen LogP contribution in [0.3, 0.4) is 0 Å². The van der Waals surface area contributed by atoms with E-state index in [4.69, 9.17) is 5.26 Å². The molecule has 0 unspecified atom stereocenters. The van der Waals surface area contributed by atoms with Crippen LogP contribution in [-0.2, 0) is 0 Å². The van der Waals surface area contributed by atoms with Crippen molar-refractivity contribution in [3.63, 3.8) is 0 Å². The molecule has 0 aliphatic heterocycles. The van der Waals surface area contributed by atoms with Crippen molar-refractivity contribution in [3.8, 4) is 6.07 Å². The molecule has 3 heteroatoms. The summed E-state index contributed by atoms with van der Waals surface area (Å²) in [5.41, 5.74) is 1.20. The van der Waals surface area contributed by atoms with E-state index < -0.39 is 0 Å². The monoisotopic (exact) mass is 204 g/mol. The van der Waals surface area contributed by atoms with Crippen molar-refractivity contribution in [1.82, 2.24) is 0 Å². The minimum absolute atomic E-state index is 0.0867. The third-order valence-corrected chi connectivity index (χ3v) is 3.00. The summed E-state index contributed by atoms with van der Waals surface area (Å²) in [6.07, 6.45) is 3.43. The Kier molecular flexibility index (Phi) is 2.36. The lowest BCUT2D eigenvalue weighted by Crippen LogP contribution is -2.41. The molecule has 1 aliphatic carbocycles. The quantitative estimate of drug-likeness (QED) is 0.803. The first-order chi connectivity index (χ1) is 7.13. The van der Waals surface area contributed by atoms with E-state index in [2.05, 4.69) is 12.2 Å². The normalized spacial score (nSPS) is 17.7. The number of rotatable bonds is 2. The maximum absolute atomic E-state index is 12.9. The average molecular weight is 204 g/mol. The highest BCUT2D eigenvalue weighted by atomic mass is 19.1. The molecule has 0 atom stereocenters. The van der Waals surface area contributed by atoms with Crippen molar-refractivity contribution in [2.24, 2.45) is 0 Å². The van der Waals surface area contributed by atoms with Gasteiger partial charge in [0.25, 0.3) is 0 Å². The third kappa shape index (κ3) is 1.94. The average Bonchev–Trinajstić information content (AvgIpc) is 2.18. The number of hydrogen-bond acceptors (Lipinski definition) is 2. The second kappa shape index (κ2) is 3.54. The molecule has 1 aliphatic rings. The van der Waals surface area contributed by atoms with E-state index in [-0.39, 0.29) is 11.4 Å². The molecule has 78 valence electrons. The number of nitriles is 1. The van der Waals surface area contributed by atoms with E-state index in [1.165, 1.54) is 18.6 Å². The predicted molar refractivity (Wildman–Crippen MR) is 57.0 cm³/mol. The van der Waals surface area contributed by atoms with Gasteiger partial charge in [-0.1, -0.05) is 0 Å². The molecule has 2 nitrogen and oxygen atoms in total. The first-order valence-electron chi connectivity index (χ1n) is 5.11. The molecule has 0 heterocycles. The number of halogens is 1. The fourth-order valence-corrected chi connectivity index (χ4v) is 1.88. The van der Waals surface area contributed by atoms with Crippen molar-refractivity contribution in [2.75, 3.05) is 5.32 Å². The molecule has 15 heavy (non-hydrogen) atoms. The van der Waals surface area contributed by atoms with Crippen molar-refractivity contribution in [3.05, 3.63) is 29.6 Å². The molecule has 1 aromatic carbocycles. The van der Waals surface area contributed by atoms with Crippen molar-refractivity contribution in [2.45, 2.75) is 31.7 Å². The van der Waals surface area contributed by atoms with Gasteiger partial charge in [-0.15, -0.1) is 0 Å². The van der Waals surface area contributed by atoms with Gasteiger partial charge in [0, 0.05) is 5.54 Å². The van der Waals surface area contributed by atoms with Crippen LogP contribution in [-0.4, -0.2) is 5.54 Å². The number of anilines is 1. The highest BCUT2D eigenvalue weighted by Crippen LogP contribution is 2.35. The zero-order valence-corrected chi connectivity index (χ0v) is 8.68. The van der Waals surface area contributed by atoms with Gasteiger partial charge in [-0.05, 0) is 44.4 Å². The maximum atomic E-state index is 12.9. The van der Waals surface area contributed by atoms with Crippen LogP contribution in [0.4, 0.5) is 10.1 Å². The molecular weight excluding hydrogens is 191 g/mol. The highest BCUT2D eigenvalue weighted by Gasteiger charge is 2.31. The summed E-state index contributed by atoms with van der Waals surface area (Å²) >= 11 is 0. The van der Waals surface area contributed by atoms with Crippen LogP contribution in [0.1, 0.15) is 31.7 Å². The van der Waals surface area contributed by atoms with Gasteiger partial charge in [0.1, 0.15) is 11.9 Å². The Balaban J connectivity index is 2.25. The van der Waals surface area contributed by atoms with E-state index in [0.717, 1.165) is 18.5 Å². The van der Waals surface area contributed by atoms with E-state index in [9.17, 15) is 4.39 Å². The Labute approximate surface area is 88.7 Å². The minimum Gasteiger partial charge on any atom is -0.379 e. The summed E-state index contributed by atoms with van der Waals surface area (Å²) in [5.74, 6) is -0.365. The lowest BCUT2D eigenvalue weighted by atomic mass is 9.78. The fourth-order valence-electron chi connectivity index (χ4n) is 1.88. The van der Waals surface area contributed by atoms with E-state index >= 15 is 0 Å². The summed E-state index contributed by atoms with van der Waals surface area (Å²) in [7, 11) is 0. The second-order valence-electron chi connectivity index (χ2n) is 4.34. The fraction of sp³-hybridized carbons (Fsp3) is 0.417. The number of nitrogens with zero attached hydrogens (tertiary/aromatic N) is 1. The largest absolute Gasteiger partial charge is 0.379 e. The third-order valence-electron chi connectivity index (χ3n) is 3.00. The Morgan fingerprint density at radius 1 is 1.47 bits per heavy atom. The summed E-state index contributed by atoms with van der Waals surface area (Å²) in [4.78, 5) is 0. The topological polar surface area (TPSA) is 35.8 Å². The maximum Gasteiger partial charge on any atom is 0.124 e. The van der Waals surface area contributed by atoms with Gasteiger partial charge in [-0.3, -0.25) is 0 Å². The van der Waals surface area contributed by atoms with Gasteiger partial charge in [0.15, 0.2) is 0 Å². The molecule has 0 spiro atoms. The summed E-state index contributed by atoms with van der Waals surface area (Å²) in [5, 5.41) is 12.2. The molecule has 1 saturated carbocycles. The van der Waals surface area contributed by atoms with E-state index in [0.29, 0.717) is 5.56 Å². The van der Waals surface area contributed by atoms with Gasteiger partial charge in [0.05, 0.1) is 11.3 Å². The van der Waals surface area contributed by atoms with Crippen LogP contribution in [0, 0.1) is 17.1 Å². The summed E-state index contributed by atoms with van der Waals surface area (Å²) in [6, 6.07) is 6.29. The van der Waals surface area contributed by atoms with Crippen LogP contribution in [0.15, 0.2) is 18.2 Å². The van der Waals surface area contributed by atoms with E-state index in [1.807, 2.05) is 6.07 Å². The van der Waals surface area contributed by atoms with Crippen molar-refractivity contribution >= 4 is 5.69 Å². The van der Waals surface area contributed by atoms with Gasteiger partial charge >= 0.3 is 0 Å². The number of hydrogen-bond donors (Lipinski definition) is 1. The zero-order chi connectivity index (χ0) is 10.9. The molecule has 1 fully saturated rings. The summed E-state index contributed by atoms with van der Waals surface area (Å²) < 4.78 is 12.9. The molecule has 1 N–H and O–H groups in total. The molecule has 0 saturated heterocycles. The lowest BCUT2D eigenvalue weighted by Gasteiger charge is -2.40. The van der Waals surface area contributed by atoms with Crippen LogP contribution >= 0.6 is 0 Å². The van der Waals surface area contributed by atoms with Gasteiger partial charge in [-0.2, -0.15) is 5.26 Å². The standard InChI is InChI=1S/C12H13FN2/c1-12(5-2-6-12)15-11-4-3-10(13)7-9(11)8-14/h3-4,7,15H,2,5-6H2,1H3. The minimum atomic E-state index is -0.365. The Morgan fingerprint density at radius 3 is 2.73 bits per heavy atom. The SMILES string of the molecule is CC1(Nc2ccc(F)cc2C#N)CCC1. The van der Waals surface area contributed by atoms with Crippen LogP contribution in [0.25, 0.3) is 0 Å². The van der Waals surface area contributed by atoms with Gasteiger partial charge < -0.3 is 5.32 Å². The van der Waals surface area contributed by atoms with E-state index in [1.54, 1.807) is 6.07 Å². The highest BCUT2D eigenvalue weighted by molar-refractivity contribution is 5.59.